The van der Waals surface area contributed by atoms with Crippen molar-refractivity contribution in [1.29, 1.82) is 0 Å². The molecule has 1 aliphatic rings. The molecule has 3 heteroatoms. The van der Waals surface area contributed by atoms with Crippen LogP contribution in [0.1, 0.15) is 12.5 Å². The zero-order valence-corrected chi connectivity index (χ0v) is 8.20. The average Bonchev–Trinajstić information content (AvgIpc) is 2.18. The molecule has 0 spiro atoms. The normalized spacial score (nSPS) is 20.2. The number of likely N-dealkylation sites (N-methyl/N-ethyl adjacent to an activating group) is 1. The lowest BCUT2D eigenvalue weighted by molar-refractivity contribution is 0.852. The molecule has 2 heterocycles. The molecule has 0 radical (unpaired) electrons. The minimum Gasteiger partial charge on any atom is -0.352 e. The van der Waals surface area contributed by atoms with Gasteiger partial charge < -0.3 is 4.90 Å². The molecule has 68 valence electrons. The van der Waals surface area contributed by atoms with Crippen LogP contribution >= 0.6 is 11.6 Å². The molecule has 0 bridgehead atoms. The predicted molar refractivity (Wildman–Crippen MR) is 55.9 cm³/mol. The summed E-state index contributed by atoms with van der Waals surface area (Å²) in [5.74, 6) is 0. The van der Waals surface area contributed by atoms with Gasteiger partial charge in [0.25, 0.3) is 0 Å². The highest BCUT2D eigenvalue weighted by Gasteiger charge is 2.18. The van der Waals surface area contributed by atoms with Gasteiger partial charge in [-0.15, -0.1) is 0 Å². The Morgan fingerprint density at radius 2 is 2.46 bits per heavy atom. The highest BCUT2D eigenvalue weighted by Crippen LogP contribution is 2.28. The first-order valence-electron chi connectivity index (χ1n) is 4.36. The summed E-state index contributed by atoms with van der Waals surface area (Å²) >= 11 is 6.13. The average molecular weight is 195 g/mol. The quantitative estimate of drug-likeness (QED) is 0.505. The van der Waals surface area contributed by atoms with E-state index < -0.39 is 0 Å². The fourth-order valence-corrected chi connectivity index (χ4v) is 1.87. The molecule has 1 aromatic rings. The lowest BCUT2D eigenvalue weighted by Gasteiger charge is -2.30. The van der Waals surface area contributed by atoms with Crippen LogP contribution in [0.15, 0.2) is 24.5 Å². The summed E-state index contributed by atoms with van der Waals surface area (Å²) in [6, 6.07) is 2.00. The molecule has 0 saturated carbocycles. The second-order valence-corrected chi connectivity index (χ2v) is 3.40. The topological polar surface area (TPSA) is 16.1 Å². The number of fused-ring (bicyclic) bond motifs is 1. The van der Waals surface area contributed by atoms with E-state index in [0.717, 1.165) is 12.1 Å². The Morgan fingerprint density at radius 3 is 3.23 bits per heavy atom. The zero-order valence-electron chi connectivity index (χ0n) is 7.44. The Morgan fingerprint density at radius 1 is 1.62 bits per heavy atom. The summed E-state index contributed by atoms with van der Waals surface area (Å²) in [7, 11) is 0. The molecule has 0 aliphatic carbocycles. The van der Waals surface area contributed by atoms with E-state index >= 15 is 0 Å². The third-order valence-corrected chi connectivity index (χ3v) is 2.59. The van der Waals surface area contributed by atoms with Crippen LogP contribution in [0.5, 0.6) is 0 Å². The van der Waals surface area contributed by atoms with E-state index in [0.29, 0.717) is 0 Å². The molecule has 0 fully saturated rings. The summed E-state index contributed by atoms with van der Waals surface area (Å²) in [6.45, 7) is 3.01. The van der Waals surface area contributed by atoms with Gasteiger partial charge in [-0.25, -0.2) is 0 Å². The van der Waals surface area contributed by atoms with Gasteiger partial charge >= 0.3 is 0 Å². The maximum atomic E-state index is 6.13. The minimum atomic E-state index is -0.0279. The Bertz CT molecular complexity index is 335. The number of pyridine rings is 1. The largest absolute Gasteiger partial charge is 0.352 e. The van der Waals surface area contributed by atoms with E-state index in [9.17, 15) is 0 Å². The second-order valence-electron chi connectivity index (χ2n) is 2.95. The summed E-state index contributed by atoms with van der Waals surface area (Å²) in [6.07, 6.45) is 7.66. The summed E-state index contributed by atoms with van der Waals surface area (Å²) in [4.78, 5) is 6.21. The monoisotopic (exact) mass is 194 g/mol. The van der Waals surface area contributed by atoms with Gasteiger partial charge in [0, 0.05) is 30.2 Å². The van der Waals surface area contributed by atoms with Crippen molar-refractivity contribution in [3.63, 3.8) is 0 Å². The first-order chi connectivity index (χ1) is 6.33. The molecule has 2 rings (SSSR count). The van der Waals surface area contributed by atoms with E-state index in [1.165, 1.54) is 5.69 Å². The SMILES string of the molecule is CCN1c2ccncc2C=CC1Cl. The van der Waals surface area contributed by atoms with Crippen LogP contribution in [-0.2, 0) is 0 Å². The molecule has 0 amide bonds. The van der Waals surface area contributed by atoms with Crippen molar-refractivity contribution < 1.29 is 0 Å². The molecular weight excluding hydrogens is 184 g/mol. The second kappa shape index (κ2) is 3.38. The number of hydrogen-bond donors (Lipinski definition) is 0. The Labute approximate surface area is 82.8 Å². The maximum absolute atomic E-state index is 6.13. The minimum absolute atomic E-state index is 0.0279. The van der Waals surface area contributed by atoms with Gasteiger partial charge in [-0.1, -0.05) is 17.7 Å². The Kier molecular flexibility index (Phi) is 2.23. The third-order valence-electron chi connectivity index (χ3n) is 2.21. The smallest absolute Gasteiger partial charge is 0.123 e. The zero-order chi connectivity index (χ0) is 9.26. The number of nitrogens with zero attached hydrogens (tertiary/aromatic N) is 2. The van der Waals surface area contributed by atoms with Gasteiger partial charge in [0.2, 0.25) is 0 Å². The lowest BCUT2D eigenvalue weighted by atomic mass is 10.1. The summed E-state index contributed by atoms with van der Waals surface area (Å²) < 4.78 is 0. The number of aromatic nitrogens is 1. The molecule has 1 aliphatic heterocycles. The summed E-state index contributed by atoms with van der Waals surface area (Å²) in [5.41, 5.74) is 2.28. The molecule has 0 aromatic carbocycles. The number of alkyl halides is 1. The number of rotatable bonds is 1. The van der Waals surface area contributed by atoms with Gasteiger partial charge in [0.05, 0.1) is 0 Å². The number of hydrogen-bond acceptors (Lipinski definition) is 2. The molecule has 2 nitrogen and oxygen atoms in total. The highest BCUT2D eigenvalue weighted by atomic mass is 35.5. The Hall–Kier alpha value is -1.02. The molecule has 1 atom stereocenters. The third kappa shape index (κ3) is 1.42. The van der Waals surface area contributed by atoms with E-state index in [1.54, 1.807) is 6.20 Å². The van der Waals surface area contributed by atoms with Gasteiger partial charge in [-0.05, 0) is 19.1 Å². The van der Waals surface area contributed by atoms with Gasteiger partial charge in [-0.2, -0.15) is 0 Å². The highest BCUT2D eigenvalue weighted by molar-refractivity contribution is 6.23. The standard InChI is InChI=1S/C10H11ClN2/c1-2-13-9-5-6-12-7-8(9)3-4-10(13)11/h3-7,10H,2H2,1H3. The van der Waals surface area contributed by atoms with Crippen molar-refractivity contribution in [1.82, 2.24) is 4.98 Å². The van der Waals surface area contributed by atoms with E-state index in [4.69, 9.17) is 11.6 Å². The van der Waals surface area contributed by atoms with Gasteiger partial charge in [-0.3, -0.25) is 4.98 Å². The van der Waals surface area contributed by atoms with Crippen LogP contribution in [0.3, 0.4) is 0 Å². The molecule has 1 unspecified atom stereocenters. The van der Waals surface area contributed by atoms with Crippen molar-refractivity contribution in [2.45, 2.75) is 12.4 Å². The number of halogens is 1. The number of anilines is 1. The van der Waals surface area contributed by atoms with Crippen molar-refractivity contribution >= 4 is 23.4 Å². The Balaban J connectivity index is 2.47. The fraction of sp³-hybridized carbons (Fsp3) is 0.300. The van der Waals surface area contributed by atoms with Gasteiger partial charge in [0.1, 0.15) is 5.50 Å². The van der Waals surface area contributed by atoms with Crippen molar-refractivity contribution in [2.24, 2.45) is 0 Å². The van der Waals surface area contributed by atoms with Crippen LogP contribution in [0.25, 0.3) is 6.08 Å². The molecule has 0 saturated heterocycles. The van der Waals surface area contributed by atoms with Crippen LogP contribution < -0.4 is 4.90 Å². The molecule has 0 N–H and O–H groups in total. The maximum Gasteiger partial charge on any atom is 0.123 e. The van der Waals surface area contributed by atoms with Crippen LogP contribution in [0.2, 0.25) is 0 Å². The van der Waals surface area contributed by atoms with E-state index in [2.05, 4.69) is 16.8 Å². The molecule has 13 heavy (non-hydrogen) atoms. The predicted octanol–water partition coefficient (Wildman–Crippen LogP) is 2.50. The van der Waals surface area contributed by atoms with Crippen LogP contribution in [-0.4, -0.2) is 17.0 Å². The van der Waals surface area contributed by atoms with Crippen molar-refractivity contribution in [2.75, 3.05) is 11.4 Å². The first kappa shape index (κ1) is 8.57. The van der Waals surface area contributed by atoms with Crippen LogP contribution in [0, 0.1) is 0 Å². The first-order valence-corrected chi connectivity index (χ1v) is 4.79. The van der Waals surface area contributed by atoms with Gasteiger partial charge in [0.15, 0.2) is 0 Å². The van der Waals surface area contributed by atoms with E-state index in [1.807, 2.05) is 24.4 Å². The summed E-state index contributed by atoms with van der Waals surface area (Å²) in [5, 5.41) is 0. The molecular formula is C10H11ClN2. The fourth-order valence-electron chi connectivity index (χ4n) is 1.55. The van der Waals surface area contributed by atoms with E-state index in [-0.39, 0.29) is 5.50 Å². The molecule has 1 aromatic heterocycles. The van der Waals surface area contributed by atoms with Crippen molar-refractivity contribution in [3.05, 3.63) is 30.1 Å². The van der Waals surface area contributed by atoms with Crippen LogP contribution in [0.4, 0.5) is 5.69 Å². The lowest BCUT2D eigenvalue weighted by Crippen LogP contribution is -2.31. The van der Waals surface area contributed by atoms with Crippen molar-refractivity contribution in [3.8, 4) is 0 Å².